The molecule has 1 atom stereocenters. The van der Waals surface area contributed by atoms with E-state index >= 15 is 0 Å². The first-order valence-corrected chi connectivity index (χ1v) is 5.93. The lowest BCUT2D eigenvalue weighted by Gasteiger charge is -2.23. The van der Waals surface area contributed by atoms with E-state index in [-0.39, 0.29) is 6.10 Å². The molecule has 1 aliphatic heterocycles. The molecule has 3 heterocycles. The van der Waals surface area contributed by atoms with E-state index in [1.54, 1.807) is 4.52 Å². The van der Waals surface area contributed by atoms with Crippen molar-refractivity contribution in [3.8, 4) is 0 Å². The predicted octanol–water partition coefficient (Wildman–Crippen LogP) is 0.260. The van der Waals surface area contributed by atoms with Crippen molar-refractivity contribution in [2.45, 2.75) is 13.0 Å². The molecule has 1 N–H and O–H groups in total. The summed E-state index contributed by atoms with van der Waals surface area (Å²) in [5, 5.41) is 7.43. The fourth-order valence-electron chi connectivity index (χ4n) is 1.93. The van der Waals surface area contributed by atoms with Crippen molar-refractivity contribution < 1.29 is 9.47 Å². The van der Waals surface area contributed by atoms with E-state index in [0.717, 1.165) is 11.5 Å². The van der Waals surface area contributed by atoms with Gasteiger partial charge in [0.25, 0.3) is 5.78 Å². The summed E-state index contributed by atoms with van der Waals surface area (Å²) in [5.41, 5.74) is 0.902. The largest absolute Gasteiger partial charge is 0.376 e. The molecule has 7 nitrogen and oxygen atoms in total. The number of anilines is 1. The van der Waals surface area contributed by atoms with Crippen LogP contribution in [0.2, 0.25) is 0 Å². The molecule has 18 heavy (non-hydrogen) atoms. The molecule has 1 unspecified atom stereocenters. The highest BCUT2D eigenvalue weighted by Crippen LogP contribution is 2.11. The van der Waals surface area contributed by atoms with E-state index < -0.39 is 0 Å². The number of aromatic nitrogens is 4. The molecule has 1 saturated heterocycles. The smallest absolute Gasteiger partial charge is 0.254 e. The number of hydrogen-bond donors (Lipinski definition) is 1. The monoisotopic (exact) mass is 249 g/mol. The summed E-state index contributed by atoms with van der Waals surface area (Å²) in [6.07, 6.45) is 1.57. The summed E-state index contributed by atoms with van der Waals surface area (Å²) >= 11 is 0. The molecular weight excluding hydrogens is 234 g/mol. The molecule has 0 spiro atoms. The van der Waals surface area contributed by atoms with Crippen molar-refractivity contribution >= 4 is 11.6 Å². The number of hydrogen-bond acceptors (Lipinski definition) is 6. The lowest BCUT2D eigenvalue weighted by atomic mass is 10.3. The topological polar surface area (TPSA) is 73.6 Å². The lowest BCUT2D eigenvalue weighted by molar-refractivity contribution is -0.0819. The molecule has 0 radical (unpaired) electrons. The number of fused-ring (bicyclic) bond motifs is 1. The molecule has 2 aromatic heterocycles. The molecule has 0 aromatic carbocycles. The molecule has 2 aromatic rings. The zero-order chi connectivity index (χ0) is 12.4. The highest BCUT2D eigenvalue weighted by atomic mass is 16.6. The average molecular weight is 249 g/mol. The Balaban J connectivity index is 1.75. The Bertz CT molecular complexity index is 535. The summed E-state index contributed by atoms with van der Waals surface area (Å²) in [5.74, 6) is 1.46. The van der Waals surface area contributed by atoms with Gasteiger partial charge in [-0.05, 0) is 6.92 Å². The van der Waals surface area contributed by atoms with Crippen LogP contribution in [0, 0.1) is 6.92 Å². The third-order valence-electron chi connectivity index (χ3n) is 2.78. The van der Waals surface area contributed by atoms with E-state index in [0.29, 0.717) is 32.1 Å². The van der Waals surface area contributed by atoms with Gasteiger partial charge >= 0.3 is 0 Å². The molecular formula is C11H15N5O2. The van der Waals surface area contributed by atoms with Crippen LogP contribution in [0.15, 0.2) is 12.4 Å². The van der Waals surface area contributed by atoms with Crippen molar-refractivity contribution in [1.29, 1.82) is 0 Å². The van der Waals surface area contributed by atoms with Gasteiger partial charge in [0.05, 0.1) is 25.9 Å². The Kier molecular flexibility index (Phi) is 3.07. The zero-order valence-corrected chi connectivity index (χ0v) is 10.2. The van der Waals surface area contributed by atoms with Crippen LogP contribution in [-0.2, 0) is 9.47 Å². The van der Waals surface area contributed by atoms with Gasteiger partial charge in [-0.15, -0.1) is 0 Å². The second-order valence-electron chi connectivity index (χ2n) is 4.20. The van der Waals surface area contributed by atoms with Crippen LogP contribution in [0.25, 0.3) is 5.78 Å². The third kappa shape index (κ3) is 2.27. The Hall–Kier alpha value is -1.73. The van der Waals surface area contributed by atoms with Crippen molar-refractivity contribution in [3.63, 3.8) is 0 Å². The van der Waals surface area contributed by atoms with E-state index in [1.165, 1.54) is 6.33 Å². The maximum atomic E-state index is 5.58. The number of nitrogens with one attached hydrogen (secondary N) is 1. The minimum atomic E-state index is 0.0748. The lowest BCUT2D eigenvalue weighted by Crippen LogP contribution is -2.34. The Labute approximate surface area is 104 Å². The van der Waals surface area contributed by atoms with Gasteiger partial charge in [0, 0.05) is 18.3 Å². The number of nitrogens with zero attached hydrogens (tertiary/aromatic N) is 4. The first-order valence-electron chi connectivity index (χ1n) is 5.93. The fraction of sp³-hybridized carbons (Fsp3) is 0.545. The molecule has 0 bridgehead atoms. The van der Waals surface area contributed by atoms with Crippen LogP contribution in [-0.4, -0.2) is 52.1 Å². The van der Waals surface area contributed by atoms with Crippen LogP contribution < -0.4 is 5.32 Å². The van der Waals surface area contributed by atoms with Gasteiger partial charge in [-0.2, -0.15) is 14.6 Å². The summed E-state index contributed by atoms with van der Waals surface area (Å²) in [6.45, 7) is 4.56. The summed E-state index contributed by atoms with van der Waals surface area (Å²) in [4.78, 5) is 8.36. The van der Waals surface area contributed by atoms with E-state index in [1.807, 2.05) is 13.0 Å². The molecule has 0 aliphatic carbocycles. The van der Waals surface area contributed by atoms with Crippen LogP contribution >= 0.6 is 0 Å². The van der Waals surface area contributed by atoms with Crippen molar-refractivity contribution in [2.75, 3.05) is 31.7 Å². The van der Waals surface area contributed by atoms with Crippen LogP contribution in [0.3, 0.4) is 0 Å². The number of ether oxygens (including phenoxy) is 2. The number of rotatable bonds is 3. The van der Waals surface area contributed by atoms with Gasteiger partial charge in [-0.25, -0.2) is 4.98 Å². The first kappa shape index (κ1) is 11.4. The molecule has 0 amide bonds. The molecule has 1 fully saturated rings. The molecule has 1 aliphatic rings. The predicted molar refractivity (Wildman–Crippen MR) is 64.6 cm³/mol. The molecule has 7 heteroatoms. The Morgan fingerprint density at radius 2 is 2.44 bits per heavy atom. The second kappa shape index (κ2) is 4.87. The second-order valence-corrected chi connectivity index (χ2v) is 4.20. The fourth-order valence-corrected chi connectivity index (χ4v) is 1.93. The minimum Gasteiger partial charge on any atom is -0.376 e. The SMILES string of the molecule is Cc1cc(NCC2COCCO2)n2ncnc2n1. The maximum Gasteiger partial charge on any atom is 0.254 e. The highest BCUT2D eigenvalue weighted by molar-refractivity contribution is 5.44. The summed E-state index contributed by atoms with van der Waals surface area (Å²) in [6, 6.07) is 1.94. The highest BCUT2D eigenvalue weighted by Gasteiger charge is 2.14. The van der Waals surface area contributed by atoms with Crippen LogP contribution in [0.1, 0.15) is 5.69 Å². The molecule has 96 valence electrons. The van der Waals surface area contributed by atoms with Crippen LogP contribution in [0.5, 0.6) is 0 Å². The van der Waals surface area contributed by atoms with E-state index in [9.17, 15) is 0 Å². The summed E-state index contributed by atoms with van der Waals surface area (Å²) < 4.78 is 12.6. The van der Waals surface area contributed by atoms with Gasteiger partial charge in [0.15, 0.2) is 0 Å². The normalized spacial score (nSPS) is 20.2. The van der Waals surface area contributed by atoms with Gasteiger partial charge in [-0.1, -0.05) is 0 Å². The standard InChI is InChI=1S/C11H15N5O2/c1-8-4-10(16-11(15-8)13-7-14-16)12-5-9-6-17-2-3-18-9/h4,7,9,12H,2-3,5-6H2,1H3. The van der Waals surface area contributed by atoms with E-state index in [4.69, 9.17) is 9.47 Å². The van der Waals surface area contributed by atoms with Gasteiger partial charge in [-0.3, -0.25) is 0 Å². The van der Waals surface area contributed by atoms with Crippen molar-refractivity contribution in [1.82, 2.24) is 19.6 Å². The summed E-state index contributed by atoms with van der Waals surface area (Å²) in [7, 11) is 0. The van der Waals surface area contributed by atoms with E-state index in [2.05, 4.69) is 20.4 Å². The van der Waals surface area contributed by atoms with Gasteiger partial charge in [0.1, 0.15) is 12.1 Å². The Morgan fingerprint density at radius 1 is 1.50 bits per heavy atom. The first-order chi connectivity index (χ1) is 8.83. The number of aryl methyl sites for hydroxylation is 1. The van der Waals surface area contributed by atoms with Crippen molar-refractivity contribution in [3.05, 3.63) is 18.1 Å². The van der Waals surface area contributed by atoms with Gasteiger partial charge in [0.2, 0.25) is 0 Å². The Morgan fingerprint density at radius 3 is 3.28 bits per heavy atom. The molecule has 3 rings (SSSR count). The van der Waals surface area contributed by atoms with Gasteiger partial charge < -0.3 is 14.8 Å². The quantitative estimate of drug-likeness (QED) is 0.841. The third-order valence-corrected chi connectivity index (χ3v) is 2.78. The zero-order valence-electron chi connectivity index (χ0n) is 10.2. The maximum absolute atomic E-state index is 5.58. The molecule has 0 saturated carbocycles. The minimum absolute atomic E-state index is 0.0748. The van der Waals surface area contributed by atoms with Crippen LogP contribution in [0.4, 0.5) is 5.82 Å². The average Bonchev–Trinajstić information content (AvgIpc) is 2.85. The van der Waals surface area contributed by atoms with Crippen molar-refractivity contribution in [2.24, 2.45) is 0 Å².